The van der Waals surface area contributed by atoms with Crippen molar-refractivity contribution in [1.82, 2.24) is 15.3 Å². The van der Waals surface area contributed by atoms with Crippen molar-refractivity contribution in [3.05, 3.63) is 46.7 Å². The van der Waals surface area contributed by atoms with E-state index in [2.05, 4.69) is 15.3 Å². The molecule has 5 heteroatoms. The van der Waals surface area contributed by atoms with Crippen molar-refractivity contribution in [1.29, 1.82) is 0 Å². The van der Waals surface area contributed by atoms with E-state index in [-0.39, 0.29) is 5.91 Å². The molecule has 2 heterocycles. The molecule has 0 saturated carbocycles. The van der Waals surface area contributed by atoms with Gasteiger partial charge < -0.3 is 5.32 Å². The van der Waals surface area contributed by atoms with Gasteiger partial charge in [0.25, 0.3) is 0 Å². The maximum atomic E-state index is 11.6. The summed E-state index contributed by atoms with van der Waals surface area (Å²) in [5.74, 6) is 0.0350. The Morgan fingerprint density at radius 1 is 1.29 bits per heavy atom. The first-order chi connectivity index (χ1) is 8.34. The average molecular weight is 247 g/mol. The summed E-state index contributed by atoms with van der Waals surface area (Å²) in [6.07, 6.45) is 6.36. The molecule has 1 N–H and O–H groups in total. The van der Waals surface area contributed by atoms with Gasteiger partial charge in [0.15, 0.2) is 0 Å². The lowest BCUT2D eigenvalue weighted by molar-refractivity contribution is -0.120. The van der Waals surface area contributed by atoms with E-state index in [0.29, 0.717) is 13.0 Å². The van der Waals surface area contributed by atoms with Crippen LogP contribution < -0.4 is 5.32 Å². The third-order valence-electron chi connectivity index (χ3n) is 2.26. The highest BCUT2D eigenvalue weighted by Gasteiger charge is 2.03. The average Bonchev–Trinajstić information content (AvgIpc) is 2.83. The summed E-state index contributed by atoms with van der Waals surface area (Å²) in [5, 5.41) is 5.87. The van der Waals surface area contributed by atoms with Gasteiger partial charge in [0.2, 0.25) is 5.91 Å². The van der Waals surface area contributed by atoms with Crippen LogP contribution in [0.3, 0.4) is 0 Å². The molecule has 4 nitrogen and oxygen atoms in total. The zero-order valence-electron chi connectivity index (χ0n) is 9.30. The second-order valence-electron chi connectivity index (χ2n) is 3.56. The second kappa shape index (κ2) is 6.10. The Morgan fingerprint density at radius 2 is 2.12 bits per heavy atom. The number of carbonyl (C=O) groups is 1. The van der Waals surface area contributed by atoms with Crippen LogP contribution in [0, 0.1) is 0 Å². The number of nitrogens with one attached hydrogen (secondary N) is 1. The first-order valence-electron chi connectivity index (χ1n) is 5.38. The van der Waals surface area contributed by atoms with Crippen LogP contribution in [0.2, 0.25) is 0 Å². The molecule has 0 fully saturated rings. The van der Waals surface area contributed by atoms with Crippen LogP contribution in [0.25, 0.3) is 0 Å². The lowest BCUT2D eigenvalue weighted by atomic mass is 10.2. The topological polar surface area (TPSA) is 54.9 Å². The van der Waals surface area contributed by atoms with Gasteiger partial charge in [-0.3, -0.25) is 9.78 Å². The Labute approximate surface area is 104 Å². The van der Waals surface area contributed by atoms with Gasteiger partial charge in [0.05, 0.1) is 11.4 Å². The van der Waals surface area contributed by atoms with Crippen molar-refractivity contribution < 1.29 is 4.79 Å². The predicted octanol–water partition coefficient (Wildman–Crippen LogP) is 1.44. The van der Waals surface area contributed by atoms with E-state index < -0.39 is 0 Å². The molecule has 17 heavy (non-hydrogen) atoms. The summed E-state index contributed by atoms with van der Waals surface area (Å²) in [7, 11) is 0. The van der Waals surface area contributed by atoms with Gasteiger partial charge in [0.1, 0.15) is 0 Å². The van der Waals surface area contributed by atoms with Crippen LogP contribution >= 0.6 is 11.3 Å². The standard InChI is InChI=1S/C12H13N3OS/c16-11(9-10-1-4-13-5-2-10)14-6-3-12-15-7-8-17-12/h1-2,4-5,7-8H,3,6,9H2,(H,14,16). The third-order valence-corrected chi connectivity index (χ3v) is 3.10. The SMILES string of the molecule is O=C(Cc1ccncc1)NCCc1nccs1. The van der Waals surface area contributed by atoms with E-state index in [1.807, 2.05) is 17.5 Å². The van der Waals surface area contributed by atoms with E-state index in [1.54, 1.807) is 29.9 Å². The molecule has 0 spiro atoms. The molecule has 2 aromatic heterocycles. The predicted molar refractivity (Wildman–Crippen MR) is 66.8 cm³/mol. The molecule has 2 rings (SSSR count). The Bertz CT molecular complexity index is 456. The molecule has 0 saturated heterocycles. The summed E-state index contributed by atoms with van der Waals surface area (Å²) in [4.78, 5) is 19.7. The van der Waals surface area contributed by atoms with Crippen molar-refractivity contribution in [2.75, 3.05) is 6.54 Å². The van der Waals surface area contributed by atoms with Crippen LogP contribution in [0.4, 0.5) is 0 Å². The van der Waals surface area contributed by atoms with Crippen LogP contribution in [0.1, 0.15) is 10.6 Å². The highest BCUT2D eigenvalue weighted by Crippen LogP contribution is 2.03. The quantitative estimate of drug-likeness (QED) is 0.869. The van der Waals surface area contributed by atoms with Gasteiger partial charge in [-0.1, -0.05) is 0 Å². The Balaban J connectivity index is 1.71. The summed E-state index contributed by atoms with van der Waals surface area (Å²) >= 11 is 1.61. The summed E-state index contributed by atoms with van der Waals surface area (Å²) in [6, 6.07) is 3.70. The maximum Gasteiger partial charge on any atom is 0.224 e. The van der Waals surface area contributed by atoms with Gasteiger partial charge in [-0.05, 0) is 17.7 Å². The Kier molecular flexibility index (Phi) is 4.21. The fraction of sp³-hybridized carbons (Fsp3) is 0.250. The molecule has 2 aromatic rings. The molecule has 88 valence electrons. The molecular weight excluding hydrogens is 234 g/mol. The van der Waals surface area contributed by atoms with Crippen molar-refractivity contribution in [2.24, 2.45) is 0 Å². The van der Waals surface area contributed by atoms with Crippen molar-refractivity contribution in [3.63, 3.8) is 0 Å². The fourth-order valence-electron chi connectivity index (χ4n) is 1.43. The molecular formula is C12H13N3OS. The van der Waals surface area contributed by atoms with Crippen LogP contribution in [-0.2, 0) is 17.6 Å². The summed E-state index contributed by atoms with van der Waals surface area (Å²) < 4.78 is 0. The molecule has 1 amide bonds. The molecule has 0 aliphatic carbocycles. The van der Waals surface area contributed by atoms with E-state index >= 15 is 0 Å². The van der Waals surface area contributed by atoms with E-state index in [4.69, 9.17) is 0 Å². The maximum absolute atomic E-state index is 11.6. The zero-order valence-corrected chi connectivity index (χ0v) is 10.1. The van der Waals surface area contributed by atoms with Gasteiger partial charge in [-0.25, -0.2) is 4.98 Å². The van der Waals surface area contributed by atoms with Crippen molar-refractivity contribution in [2.45, 2.75) is 12.8 Å². The van der Waals surface area contributed by atoms with Gasteiger partial charge in [-0.2, -0.15) is 0 Å². The van der Waals surface area contributed by atoms with Gasteiger partial charge in [0, 0.05) is 36.9 Å². The second-order valence-corrected chi connectivity index (χ2v) is 4.54. The minimum atomic E-state index is 0.0350. The van der Waals surface area contributed by atoms with E-state index in [1.165, 1.54) is 0 Å². The summed E-state index contributed by atoms with van der Waals surface area (Å²) in [6.45, 7) is 0.636. The first-order valence-corrected chi connectivity index (χ1v) is 6.26. The van der Waals surface area contributed by atoms with Crippen LogP contribution in [0.15, 0.2) is 36.1 Å². The van der Waals surface area contributed by atoms with Crippen molar-refractivity contribution in [3.8, 4) is 0 Å². The molecule has 0 atom stereocenters. The number of rotatable bonds is 5. The Morgan fingerprint density at radius 3 is 2.82 bits per heavy atom. The Hall–Kier alpha value is -1.75. The number of amides is 1. The summed E-state index contributed by atoms with van der Waals surface area (Å²) in [5.41, 5.74) is 0.978. The number of nitrogens with zero attached hydrogens (tertiary/aromatic N) is 2. The number of hydrogen-bond acceptors (Lipinski definition) is 4. The minimum absolute atomic E-state index is 0.0350. The zero-order chi connectivity index (χ0) is 11.9. The highest BCUT2D eigenvalue weighted by molar-refractivity contribution is 7.09. The molecule has 0 radical (unpaired) electrons. The number of pyridine rings is 1. The van der Waals surface area contributed by atoms with E-state index in [0.717, 1.165) is 17.0 Å². The number of carbonyl (C=O) groups excluding carboxylic acids is 1. The lowest BCUT2D eigenvalue weighted by Gasteiger charge is -2.03. The van der Waals surface area contributed by atoms with Crippen LogP contribution in [-0.4, -0.2) is 22.4 Å². The molecule has 0 unspecified atom stereocenters. The number of hydrogen-bond donors (Lipinski definition) is 1. The monoisotopic (exact) mass is 247 g/mol. The molecule has 0 bridgehead atoms. The third kappa shape index (κ3) is 3.96. The molecule has 0 aromatic carbocycles. The fourth-order valence-corrected chi connectivity index (χ4v) is 2.05. The number of thiazole rings is 1. The first kappa shape index (κ1) is 11.7. The number of aromatic nitrogens is 2. The lowest BCUT2D eigenvalue weighted by Crippen LogP contribution is -2.27. The van der Waals surface area contributed by atoms with Crippen LogP contribution in [0.5, 0.6) is 0 Å². The minimum Gasteiger partial charge on any atom is -0.355 e. The highest BCUT2D eigenvalue weighted by atomic mass is 32.1. The molecule has 0 aliphatic rings. The van der Waals surface area contributed by atoms with Crippen molar-refractivity contribution >= 4 is 17.2 Å². The van der Waals surface area contributed by atoms with Gasteiger partial charge in [-0.15, -0.1) is 11.3 Å². The largest absolute Gasteiger partial charge is 0.355 e. The smallest absolute Gasteiger partial charge is 0.224 e. The van der Waals surface area contributed by atoms with Gasteiger partial charge >= 0.3 is 0 Å². The van der Waals surface area contributed by atoms with E-state index in [9.17, 15) is 4.79 Å². The normalized spacial score (nSPS) is 10.1. The molecule has 0 aliphatic heterocycles.